The molecule has 4 atom stereocenters. The van der Waals surface area contributed by atoms with Gasteiger partial charge >= 0.3 is 0 Å². The van der Waals surface area contributed by atoms with Gasteiger partial charge in [-0.3, -0.25) is 0 Å². The molecule has 0 bridgehead atoms. The quantitative estimate of drug-likeness (QED) is 0.685. The molecule has 1 saturated heterocycles. The number of hydrogen-bond donors (Lipinski definition) is 1. The van der Waals surface area contributed by atoms with E-state index in [9.17, 15) is 8.42 Å². The highest BCUT2D eigenvalue weighted by molar-refractivity contribution is 7.91. The van der Waals surface area contributed by atoms with Crippen molar-refractivity contribution < 1.29 is 13.5 Å². The maximum absolute atomic E-state index is 11.4. The molecule has 0 aromatic carbocycles. The monoisotopic (exact) mass is 216 g/mol. The van der Waals surface area contributed by atoms with Gasteiger partial charge in [-0.15, -0.1) is 0 Å². The first kappa shape index (κ1) is 9.16. The summed E-state index contributed by atoms with van der Waals surface area (Å²) in [7, 11) is -2.71. The molecule has 1 aliphatic heterocycles. The van der Waals surface area contributed by atoms with Gasteiger partial charge in [-0.2, -0.15) is 0 Å². The minimum absolute atomic E-state index is 0.291. The molecule has 0 radical (unpaired) electrons. The second-order valence-electron chi connectivity index (χ2n) is 5.25. The Morgan fingerprint density at radius 1 is 1.00 bits per heavy atom. The summed E-state index contributed by atoms with van der Waals surface area (Å²) in [6, 6.07) is 0. The summed E-state index contributed by atoms with van der Waals surface area (Å²) in [5.41, 5.74) is 0. The van der Waals surface area contributed by atoms with Crippen LogP contribution in [-0.2, 0) is 9.84 Å². The molecule has 3 nitrogen and oxygen atoms in total. The number of sulfone groups is 1. The van der Waals surface area contributed by atoms with Gasteiger partial charge in [-0.1, -0.05) is 0 Å². The van der Waals surface area contributed by atoms with Crippen molar-refractivity contribution in [2.45, 2.75) is 12.8 Å². The first-order valence-corrected chi connectivity index (χ1v) is 7.24. The second-order valence-corrected chi connectivity index (χ2v) is 7.41. The highest BCUT2D eigenvalue weighted by Crippen LogP contribution is 2.60. The Bertz CT molecular complexity index is 322. The lowest BCUT2D eigenvalue weighted by atomic mass is 9.60. The van der Waals surface area contributed by atoms with E-state index < -0.39 is 9.84 Å². The molecule has 0 unspecified atom stereocenters. The second kappa shape index (κ2) is 2.73. The third-order valence-electron chi connectivity index (χ3n) is 4.56. The van der Waals surface area contributed by atoms with Crippen molar-refractivity contribution >= 4 is 9.84 Å². The van der Waals surface area contributed by atoms with Crippen LogP contribution >= 0.6 is 0 Å². The van der Waals surface area contributed by atoms with E-state index in [1.54, 1.807) is 0 Å². The molecule has 2 aliphatic carbocycles. The smallest absolute Gasteiger partial charge is 0.150 e. The molecule has 3 rings (SSSR count). The van der Waals surface area contributed by atoms with Gasteiger partial charge in [0.15, 0.2) is 9.84 Å². The predicted octanol–water partition coefficient (Wildman–Crippen LogP) is 0.295. The van der Waals surface area contributed by atoms with Crippen molar-refractivity contribution in [2.24, 2.45) is 29.6 Å². The van der Waals surface area contributed by atoms with Crippen LogP contribution in [0.1, 0.15) is 12.8 Å². The Balaban J connectivity index is 1.78. The van der Waals surface area contributed by atoms with E-state index in [-0.39, 0.29) is 0 Å². The number of aliphatic hydroxyl groups is 1. The molecule has 0 amide bonds. The van der Waals surface area contributed by atoms with E-state index in [1.165, 1.54) is 0 Å². The molecule has 0 spiro atoms. The number of rotatable bonds is 1. The first-order chi connectivity index (χ1) is 6.61. The fourth-order valence-electron chi connectivity index (χ4n) is 3.99. The summed E-state index contributed by atoms with van der Waals surface area (Å²) < 4.78 is 22.8. The Morgan fingerprint density at radius 3 is 1.93 bits per heavy atom. The number of fused-ring (bicyclic) bond motifs is 4. The third-order valence-corrected chi connectivity index (χ3v) is 6.35. The van der Waals surface area contributed by atoms with Crippen molar-refractivity contribution in [3.63, 3.8) is 0 Å². The summed E-state index contributed by atoms with van der Waals surface area (Å²) in [6.45, 7) is 0.291. The molecule has 2 saturated carbocycles. The predicted molar refractivity (Wildman–Crippen MR) is 52.4 cm³/mol. The van der Waals surface area contributed by atoms with Gasteiger partial charge in [0.1, 0.15) is 0 Å². The van der Waals surface area contributed by atoms with Gasteiger partial charge in [0, 0.05) is 6.61 Å². The molecule has 0 aromatic rings. The molecule has 14 heavy (non-hydrogen) atoms. The standard InChI is InChI=1S/C10H16O3S/c11-3-6-1-7-8(2-6)10-5-14(12,13)4-9(7)10/h6-11H,1-5H2/t7-,8-,9-,10-/m1/s1. The van der Waals surface area contributed by atoms with Crippen molar-refractivity contribution in [1.82, 2.24) is 0 Å². The van der Waals surface area contributed by atoms with Gasteiger partial charge in [0.05, 0.1) is 11.5 Å². The fourth-order valence-corrected chi connectivity index (χ4v) is 6.29. The number of aliphatic hydroxyl groups excluding tert-OH is 1. The SMILES string of the molecule is O=S1(=O)C[C@@H]2[C@@H]3CC(CO)C[C@H]3[C@H]2C1. The Morgan fingerprint density at radius 2 is 1.50 bits per heavy atom. The molecular formula is C10H16O3S. The summed E-state index contributed by atoms with van der Waals surface area (Å²) >= 11 is 0. The molecular weight excluding hydrogens is 200 g/mol. The van der Waals surface area contributed by atoms with Crippen LogP contribution in [0.3, 0.4) is 0 Å². The van der Waals surface area contributed by atoms with Crippen LogP contribution in [-0.4, -0.2) is 31.6 Å². The van der Waals surface area contributed by atoms with Crippen LogP contribution in [0.25, 0.3) is 0 Å². The molecule has 3 aliphatic rings. The highest BCUT2D eigenvalue weighted by Gasteiger charge is 2.59. The van der Waals surface area contributed by atoms with Crippen molar-refractivity contribution in [1.29, 1.82) is 0 Å². The van der Waals surface area contributed by atoms with E-state index in [2.05, 4.69) is 0 Å². The normalized spacial score (nSPS) is 53.6. The topological polar surface area (TPSA) is 54.4 Å². The average molecular weight is 216 g/mol. The van der Waals surface area contributed by atoms with Gasteiger partial charge in [0.2, 0.25) is 0 Å². The van der Waals surface area contributed by atoms with E-state index in [0.29, 0.717) is 47.7 Å². The highest BCUT2D eigenvalue weighted by atomic mass is 32.2. The van der Waals surface area contributed by atoms with Gasteiger partial charge in [0.25, 0.3) is 0 Å². The first-order valence-electron chi connectivity index (χ1n) is 5.42. The summed E-state index contributed by atoms with van der Waals surface area (Å²) in [5, 5.41) is 9.08. The summed E-state index contributed by atoms with van der Waals surface area (Å²) in [6.07, 6.45) is 2.13. The van der Waals surface area contributed by atoms with Crippen LogP contribution in [0, 0.1) is 29.6 Å². The number of hydrogen-bond acceptors (Lipinski definition) is 3. The van der Waals surface area contributed by atoms with Crippen molar-refractivity contribution in [3.8, 4) is 0 Å². The van der Waals surface area contributed by atoms with Crippen LogP contribution in [0.15, 0.2) is 0 Å². The fraction of sp³-hybridized carbons (Fsp3) is 1.00. The summed E-state index contributed by atoms with van der Waals surface area (Å²) in [4.78, 5) is 0. The zero-order valence-electron chi connectivity index (χ0n) is 8.09. The maximum atomic E-state index is 11.4. The lowest BCUT2D eigenvalue weighted by Crippen LogP contribution is -2.42. The average Bonchev–Trinajstić information content (AvgIpc) is 2.62. The minimum Gasteiger partial charge on any atom is -0.396 e. The van der Waals surface area contributed by atoms with Crippen LogP contribution in [0.5, 0.6) is 0 Å². The Kier molecular flexibility index (Phi) is 1.78. The lowest BCUT2D eigenvalue weighted by Gasteiger charge is -2.44. The third kappa shape index (κ3) is 1.10. The van der Waals surface area contributed by atoms with Crippen LogP contribution in [0.2, 0.25) is 0 Å². The van der Waals surface area contributed by atoms with Gasteiger partial charge < -0.3 is 5.11 Å². The Labute approximate surface area is 84.4 Å². The Hall–Kier alpha value is -0.0900. The summed E-state index contributed by atoms with van der Waals surface area (Å²) in [5.74, 6) is 3.44. The van der Waals surface area contributed by atoms with Gasteiger partial charge in [-0.05, 0) is 42.4 Å². The zero-order chi connectivity index (χ0) is 9.92. The molecule has 1 N–H and O–H groups in total. The largest absolute Gasteiger partial charge is 0.396 e. The van der Waals surface area contributed by atoms with Gasteiger partial charge in [-0.25, -0.2) is 8.42 Å². The molecule has 1 heterocycles. The van der Waals surface area contributed by atoms with Crippen LogP contribution < -0.4 is 0 Å². The van der Waals surface area contributed by atoms with E-state index in [1.807, 2.05) is 0 Å². The van der Waals surface area contributed by atoms with Crippen molar-refractivity contribution in [2.75, 3.05) is 18.1 Å². The molecule has 3 fully saturated rings. The molecule has 0 aromatic heterocycles. The van der Waals surface area contributed by atoms with E-state index >= 15 is 0 Å². The lowest BCUT2D eigenvalue weighted by molar-refractivity contribution is 0.0462. The van der Waals surface area contributed by atoms with Crippen LogP contribution in [0.4, 0.5) is 0 Å². The van der Waals surface area contributed by atoms with E-state index in [4.69, 9.17) is 5.11 Å². The minimum atomic E-state index is -2.71. The molecule has 4 heteroatoms. The van der Waals surface area contributed by atoms with E-state index in [0.717, 1.165) is 12.8 Å². The van der Waals surface area contributed by atoms with Crippen molar-refractivity contribution in [3.05, 3.63) is 0 Å². The maximum Gasteiger partial charge on any atom is 0.150 e. The molecule has 80 valence electrons. The zero-order valence-corrected chi connectivity index (χ0v) is 8.91.